The van der Waals surface area contributed by atoms with Crippen LogP contribution in [0.4, 0.5) is 5.69 Å². The minimum atomic E-state index is -3.80. The Labute approximate surface area is 175 Å². The maximum atomic E-state index is 12.6. The number of carbonyl (C=O) groups excluding carboxylic acids is 1. The maximum Gasteiger partial charge on any atom is 0.243 e. The second-order valence-corrected chi connectivity index (χ2v) is 8.47. The number of hydrogen-bond donors (Lipinski definition) is 1. The van der Waals surface area contributed by atoms with Crippen LogP contribution in [0.3, 0.4) is 0 Å². The smallest absolute Gasteiger partial charge is 0.243 e. The van der Waals surface area contributed by atoms with Gasteiger partial charge >= 0.3 is 0 Å². The summed E-state index contributed by atoms with van der Waals surface area (Å²) >= 11 is 0. The molecule has 0 heterocycles. The van der Waals surface area contributed by atoms with E-state index in [9.17, 15) is 13.2 Å². The number of hydrogen-bond acceptors (Lipinski definition) is 5. The monoisotopic (exact) mass is 426 g/mol. The lowest BCUT2D eigenvalue weighted by atomic mass is 10.3. The molecule has 0 saturated heterocycles. The second-order valence-electron chi connectivity index (χ2n) is 6.42. The van der Waals surface area contributed by atoms with Gasteiger partial charge in [0.2, 0.25) is 15.9 Å². The van der Waals surface area contributed by atoms with Crippen molar-refractivity contribution in [3.05, 3.63) is 78.9 Å². The summed E-state index contributed by atoms with van der Waals surface area (Å²) in [6.45, 7) is -0.323. The topological polar surface area (TPSA) is 84.9 Å². The van der Waals surface area contributed by atoms with E-state index in [4.69, 9.17) is 9.47 Å². The fourth-order valence-corrected chi connectivity index (χ4v) is 3.77. The number of ether oxygens (including phenoxy) is 2. The molecule has 3 aromatic rings. The summed E-state index contributed by atoms with van der Waals surface area (Å²) in [7, 11) is -0.938. The molecule has 0 unspecified atom stereocenters. The number of nitrogens with zero attached hydrogens (tertiary/aromatic N) is 1. The lowest BCUT2D eigenvalue weighted by molar-refractivity contribution is -0.116. The van der Waals surface area contributed by atoms with E-state index in [1.165, 1.54) is 26.3 Å². The Morgan fingerprint density at radius 2 is 1.43 bits per heavy atom. The van der Waals surface area contributed by atoms with Crippen molar-refractivity contribution < 1.29 is 22.7 Å². The van der Waals surface area contributed by atoms with Crippen LogP contribution in [0.25, 0.3) is 0 Å². The molecule has 0 aliphatic heterocycles. The zero-order chi connectivity index (χ0) is 21.6. The number of likely N-dealkylation sites (N-methyl/N-ethyl adjacent to an activating group) is 1. The van der Waals surface area contributed by atoms with Gasteiger partial charge in [-0.05, 0) is 60.7 Å². The van der Waals surface area contributed by atoms with Crippen LogP contribution < -0.4 is 14.8 Å². The maximum absolute atomic E-state index is 12.6. The van der Waals surface area contributed by atoms with Crippen LogP contribution in [0.5, 0.6) is 17.2 Å². The molecule has 0 aliphatic rings. The van der Waals surface area contributed by atoms with Gasteiger partial charge in [0, 0.05) is 12.7 Å². The van der Waals surface area contributed by atoms with Gasteiger partial charge in [-0.2, -0.15) is 4.31 Å². The molecule has 0 bridgehead atoms. The highest BCUT2D eigenvalue weighted by Gasteiger charge is 2.23. The van der Waals surface area contributed by atoms with Gasteiger partial charge in [-0.25, -0.2) is 8.42 Å². The van der Waals surface area contributed by atoms with Gasteiger partial charge in [-0.15, -0.1) is 0 Å². The third-order valence-electron chi connectivity index (χ3n) is 4.25. The molecule has 0 aromatic heterocycles. The van der Waals surface area contributed by atoms with Crippen molar-refractivity contribution in [1.29, 1.82) is 0 Å². The van der Waals surface area contributed by atoms with Gasteiger partial charge < -0.3 is 14.8 Å². The van der Waals surface area contributed by atoms with Gasteiger partial charge in [0.15, 0.2) is 0 Å². The van der Waals surface area contributed by atoms with Crippen LogP contribution in [0.1, 0.15) is 0 Å². The van der Waals surface area contributed by atoms with E-state index in [1.807, 2.05) is 30.3 Å². The highest BCUT2D eigenvalue weighted by atomic mass is 32.2. The molecule has 1 amide bonds. The fourth-order valence-electron chi connectivity index (χ4n) is 2.65. The number of amides is 1. The lowest BCUT2D eigenvalue weighted by Gasteiger charge is -2.17. The minimum absolute atomic E-state index is 0.0843. The molecule has 1 N–H and O–H groups in total. The average molecular weight is 426 g/mol. The van der Waals surface area contributed by atoms with Gasteiger partial charge in [0.25, 0.3) is 0 Å². The first-order valence-electron chi connectivity index (χ1n) is 9.12. The molecule has 0 aliphatic carbocycles. The molecule has 0 spiro atoms. The molecule has 3 aromatic carbocycles. The molecule has 7 nitrogen and oxygen atoms in total. The van der Waals surface area contributed by atoms with Gasteiger partial charge in [-0.3, -0.25) is 4.79 Å². The molecule has 0 radical (unpaired) electrons. The van der Waals surface area contributed by atoms with Crippen LogP contribution in [0.15, 0.2) is 83.8 Å². The highest BCUT2D eigenvalue weighted by Crippen LogP contribution is 2.23. The summed E-state index contributed by atoms with van der Waals surface area (Å²) in [4.78, 5) is 12.4. The Morgan fingerprint density at radius 1 is 0.867 bits per heavy atom. The predicted octanol–water partition coefficient (Wildman–Crippen LogP) is 3.75. The van der Waals surface area contributed by atoms with E-state index < -0.39 is 15.9 Å². The van der Waals surface area contributed by atoms with E-state index in [-0.39, 0.29) is 11.4 Å². The van der Waals surface area contributed by atoms with Crippen LogP contribution >= 0.6 is 0 Å². The fraction of sp³-hybridized carbons (Fsp3) is 0.136. The second kappa shape index (κ2) is 9.43. The number of anilines is 1. The van der Waals surface area contributed by atoms with E-state index in [0.717, 1.165) is 4.31 Å². The number of carbonyl (C=O) groups is 1. The summed E-state index contributed by atoms with van der Waals surface area (Å²) in [6.07, 6.45) is 0. The zero-order valence-corrected chi connectivity index (χ0v) is 17.4. The summed E-state index contributed by atoms with van der Waals surface area (Å²) in [5.74, 6) is 1.43. The Hall–Kier alpha value is -3.36. The number of rotatable bonds is 8. The van der Waals surface area contributed by atoms with Crippen molar-refractivity contribution in [2.75, 3.05) is 26.0 Å². The van der Waals surface area contributed by atoms with Gasteiger partial charge in [0.1, 0.15) is 17.2 Å². The molecular weight excluding hydrogens is 404 g/mol. The van der Waals surface area contributed by atoms with Crippen molar-refractivity contribution in [1.82, 2.24) is 4.31 Å². The van der Waals surface area contributed by atoms with E-state index >= 15 is 0 Å². The third kappa shape index (κ3) is 5.37. The molecule has 0 atom stereocenters. The number of para-hydroxylation sites is 1. The van der Waals surface area contributed by atoms with E-state index in [2.05, 4.69) is 5.32 Å². The SMILES string of the molecule is COc1ccc(S(=O)(=O)N(C)CC(=O)Nc2ccc(Oc3ccccc3)cc2)cc1. The number of nitrogens with one attached hydrogen (secondary N) is 1. The van der Waals surface area contributed by atoms with Crippen molar-refractivity contribution in [2.24, 2.45) is 0 Å². The normalized spacial score (nSPS) is 11.2. The molecule has 0 saturated carbocycles. The average Bonchev–Trinajstić information content (AvgIpc) is 2.76. The van der Waals surface area contributed by atoms with Crippen molar-refractivity contribution >= 4 is 21.6 Å². The summed E-state index contributed by atoms with van der Waals surface area (Å²) in [6, 6.07) is 22.1. The molecule has 156 valence electrons. The third-order valence-corrected chi connectivity index (χ3v) is 6.07. The zero-order valence-electron chi connectivity index (χ0n) is 16.6. The molecular formula is C22H22N2O5S. The Bertz CT molecular complexity index is 1080. The molecule has 0 fully saturated rings. The summed E-state index contributed by atoms with van der Waals surface area (Å²) in [5, 5.41) is 2.69. The van der Waals surface area contributed by atoms with Crippen molar-refractivity contribution in [3.8, 4) is 17.2 Å². The van der Waals surface area contributed by atoms with Crippen LogP contribution in [-0.4, -0.2) is 39.3 Å². The minimum Gasteiger partial charge on any atom is -0.497 e. The Balaban J connectivity index is 1.59. The van der Waals surface area contributed by atoms with Crippen LogP contribution in [-0.2, 0) is 14.8 Å². The first kappa shape index (κ1) is 21.4. The van der Waals surface area contributed by atoms with Gasteiger partial charge in [-0.1, -0.05) is 18.2 Å². The van der Waals surface area contributed by atoms with E-state index in [0.29, 0.717) is 22.9 Å². The van der Waals surface area contributed by atoms with Crippen LogP contribution in [0, 0.1) is 0 Å². The Morgan fingerprint density at radius 3 is 2.03 bits per heavy atom. The van der Waals surface area contributed by atoms with E-state index in [1.54, 1.807) is 36.4 Å². The molecule has 30 heavy (non-hydrogen) atoms. The van der Waals surface area contributed by atoms with Crippen LogP contribution in [0.2, 0.25) is 0 Å². The lowest BCUT2D eigenvalue weighted by Crippen LogP contribution is -2.34. The Kier molecular flexibility index (Phi) is 6.71. The summed E-state index contributed by atoms with van der Waals surface area (Å²) in [5.41, 5.74) is 0.538. The number of sulfonamides is 1. The van der Waals surface area contributed by atoms with Crippen molar-refractivity contribution in [2.45, 2.75) is 4.90 Å². The first-order chi connectivity index (χ1) is 14.4. The molecule has 3 rings (SSSR count). The standard InChI is InChI=1S/C22H22N2O5S/c1-24(30(26,27)21-14-12-18(28-2)13-15-21)16-22(25)23-17-8-10-20(11-9-17)29-19-6-4-3-5-7-19/h3-15H,16H2,1-2H3,(H,23,25). The summed E-state index contributed by atoms with van der Waals surface area (Å²) < 4.78 is 37.0. The predicted molar refractivity (Wildman–Crippen MR) is 114 cm³/mol. The number of methoxy groups -OCH3 is 1. The van der Waals surface area contributed by atoms with Crippen molar-refractivity contribution in [3.63, 3.8) is 0 Å². The highest BCUT2D eigenvalue weighted by molar-refractivity contribution is 7.89. The number of benzene rings is 3. The molecule has 8 heteroatoms. The first-order valence-corrected chi connectivity index (χ1v) is 10.6. The quantitative estimate of drug-likeness (QED) is 0.593. The largest absolute Gasteiger partial charge is 0.497 e. The van der Waals surface area contributed by atoms with Gasteiger partial charge in [0.05, 0.1) is 18.6 Å².